The van der Waals surface area contributed by atoms with E-state index in [4.69, 9.17) is 11.6 Å². The molecule has 8 heteroatoms. The third-order valence-corrected chi connectivity index (χ3v) is 4.93. The lowest BCUT2D eigenvalue weighted by molar-refractivity contribution is -0.137. The summed E-state index contributed by atoms with van der Waals surface area (Å²) in [7, 11) is 1.85. The van der Waals surface area contributed by atoms with Crippen molar-refractivity contribution < 1.29 is 13.2 Å². The normalized spacial score (nSPS) is 11.7. The van der Waals surface area contributed by atoms with Gasteiger partial charge >= 0.3 is 6.18 Å². The molecular formula is C17H13ClF3N3S. The molecule has 0 radical (unpaired) electrons. The van der Waals surface area contributed by atoms with Crippen LogP contribution in [0.1, 0.15) is 11.1 Å². The van der Waals surface area contributed by atoms with Crippen LogP contribution in [0, 0.1) is 0 Å². The van der Waals surface area contributed by atoms with Gasteiger partial charge in [0, 0.05) is 23.4 Å². The lowest BCUT2D eigenvalue weighted by atomic mass is 10.1. The summed E-state index contributed by atoms with van der Waals surface area (Å²) in [6.07, 6.45) is -4.32. The number of hydrogen-bond donors (Lipinski definition) is 0. The number of alkyl halides is 3. The zero-order chi connectivity index (χ0) is 18.0. The number of rotatable bonds is 4. The van der Waals surface area contributed by atoms with Gasteiger partial charge in [0.25, 0.3) is 0 Å². The van der Waals surface area contributed by atoms with Gasteiger partial charge in [-0.25, -0.2) is 0 Å². The van der Waals surface area contributed by atoms with Gasteiger partial charge in [0.15, 0.2) is 11.0 Å². The summed E-state index contributed by atoms with van der Waals surface area (Å²) in [5.74, 6) is 1.21. The summed E-state index contributed by atoms with van der Waals surface area (Å²) in [6.45, 7) is 0. The number of thioether (sulfide) groups is 1. The smallest absolute Gasteiger partial charge is 0.305 e. The summed E-state index contributed by atoms with van der Waals surface area (Å²) in [5.41, 5.74) is 1.03. The molecule has 1 aromatic heterocycles. The van der Waals surface area contributed by atoms with E-state index in [0.717, 1.165) is 23.3 Å². The molecule has 0 N–H and O–H groups in total. The van der Waals surface area contributed by atoms with Crippen molar-refractivity contribution in [3.05, 3.63) is 64.7 Å². The first-order valence-corrected chi connectivity index (χ1v) is 8.65. The second kappa shape index (κ2) is 7.09. The van der Waals surface area contributed by atoms with E-state index in [2.05, 4.69) is 10.2 Å². The van der Waals surface area contributed by atoms with Gasteiger partial charge in [-0.3, -0.25) is 0 Å². The molecule has 0 aliphatic rings. The minimum atomic E-state index is -4.32. The number of benzene rings is 2. The van der Waals surface area contributed by atoms with Crippen LogP contribution in [0.2, 0.25) is 5.02 Å². The minimum absolute atomic E-state index is 0.505. The second-order valence-electron chi connectivity index (χ2n) is 5.36. The van der Waals surface area contributed by atoms with Gasteiger partial charge in [-0.05, 0) is 42.0 Å². The lowest BCUT2D eigenvalue weighted by Crippen LogP contribution is -2.04. The quantitative estimate of drug-likeness (QED) is 0.561. The van der Waals surface area contributed by atoms with E-state index in [1.165, 1.54) is 23.9 Å². The SMILES string of the molecule is Cn1c(SCc2ccc(C(F)(F)F)cc2)nnc1-c1ccc(Cl)cc1. The Morgan fingerprint density at radius 3 is 2.24 bits per heavy atom. The van der Waals surface area contributed by atoms with E-state index in [0.29, 0.717) is 21.8 Å². The fourth-order valence-corrected chi connectivity index (χ4v) is 3.22. The third kappa shape index (κ3) is 4.16. The first kappa shape index (κ1) is 17.8. The molecule has 3 nitrogen and oxygen atoms in total. The van der Waals surface area contributed by atoms with Crippen LogP contribution in [0.25, 0.3) is 11.4 Å². The monoisotopic (exact) mass is 383 g/mol. The highest BCUT2D eigenvalue weighted by Crippen LogP contribution is 2.30. The Hall–Kier alpha value is -1.99. The number of halogens is 4. The molecule has 25 heavy (non-hydrogen) atoms. The summed E-state index contributed by atoms with van der Waals surface area (Å²) in [5, 5.41) is 9.65. The van der Waals surface area contributed by atoms with Gasteiger partial charge in [-0.1, -0.05) is 35.5 Å². The number of hydrogen-bond acceptors (Lipinski definition) is 3. The van der Waals surface area contributed by atoms with Gasteiger partial charge in [0.05, 0.1) is 5.56 Å². The van der Waals surface area contributed by atoms with Crippen LogP contribution in [-0.4, -0.2) is 14.8 Å². The molecule has 3 rings (SSSR count). The Morgan fingerprint density at radius 1 is 1.00 bits per heavy atom. The molecule has 0 aliphatic carbocycles. The van der Waals surface area contributed by atoms with Crippen molar-refractivity contribution in [3.63, 3.8) is 0 Å². The van der Waals surface area contributed by atoms with Crippen LogP contribution in [-0.2, 0) is 19.0 Å². The van der Waals surface area contributed by atoms with E-state index < -0.39 is 11.7 Å². The van der Waals surface area contributed by atoms with Crippen molar-refractivity contribution in [2.24, 2.45) is 7.05 Å². The van der Waals surface area contributed by atoms with Crippen LogP contribution < -0.4 is 0 Å². The predicted molar refractivity (Wildman–Crippen MR) is 92.5 cm³/mol. The minimum Gasteiger partial charge on any atom is -0.305 e. The Bertz CT molecular complexity index is 858. The summed E-state index contributed by atoms with van der Waals surface area (Å²) < 4.78 is 39.6. The highest BCUT2D eigenvalue weighted by Gasteiger charge is 2.29. The number of nitrogens with zero attached hydrogens (tertiary/aromatic N) is 3. The molecule has 0 bridgehead atoms. The van der Waals surface area contributed by atoms with Crippen LogP contribution in [0.4, 0.5) is 13.2 Å². The fourth-order valence-electron chi connectivity index (χ4n) is 2.23. The van der Waals surface area contributed by atoms with Crippen molar-refractivity contribution in [3.8, 4) is 11.4 Å². The Kier molecular flexibility index (Phi) is 5.06. The maximum absolute atomic E-state index is 12.6. The molecule has 0 amide bonds. The molecule has 2 aromatic carbocycles. The first-order chi connectivity index (χ1) is 11.8. The molecule has 0 aliphatic heterocycles. The Labute approximate surface area is 151 Å². The van der Waals surface area contributed by atoms with Gasteiger partial charge in [0.2, 0.25) is 0 Å². The lowest BCUT2D eigenvalue weighted by Gasteiger charge is -2.07. The Balaban J connectivity index is 1.71. The molecule has 0 fully saturated rings. The molecule has 130 valence electrons. The van der Waals surface area contributed by atoms with Gasteiger partial charge in [-0.2, -0.15) is 13.2 Å². The maximum atomic E-state index is 12.6. The topological polar surface area (TPSA) is 30.7 Å². The zero-order valence-electron chi connectivity index (χ0n) is 13.1. The standard InChI is InChI=1S/C17H13ClF3N3S/c1-24-15(12-4-8-14(18)9-5-12)22-23-16(24)25-10-11-2-6-13(7-3-11)17(19,20)21/h2-9H,10H2,1H3. The van der Waals surface area contributed by atoms with E-state index in [1.54, 1.807) is 12.1 Å². The molecular weight excluding hydrogens is 371 g/mol. The molecule has 0 saturated carbocycles. The van der Waals surface area contributed by atoms with Crippen molar-refractivity contribution >= 4 is 23.4 Å². The van der Waals surface area contributed by atoms with Gasteiger partial charge in [0.1, 0.15) is 0 Å². The molecule has 0 saturated heterocycles. The van der Waals surface area contributed by atoms with Crippen molar-refractivity contribution in [1.29, 1.82) is 0 Å². The van der Waals surface area contributed by atoms with Crippen molar-refractivity contribution in [1.82, 2.24) is 14.8 Å². The summed E-state index contributed by atoms with van der Waals surface area (Å²) >= 11 is 7.30. The fraction of sp³-hybridized carbons (Fsp3) is 0.176. The molecule has 0 unspecified atom stereocenters. The summed E-state index contributed by atoms with van der Waals surface area (Å²) in [6, 6.07) is 12.4. The summed E-state index contributed by atoms with van der Waals surface area (Å²) in [4.78, 5) is 0. The highest BCUT2D eigenvalue weighted by atomic mass is 35.5. The van der Waals surface area contributed by atoms with Crippen molar-refractivity contribution in [2.75, 3.05) is 0 Å². The van der Waals surface area contributed by atoms with E-state index in [1.807, 2.05) is 23.7 Å². The number of aromatic nitrogens is 3. The molecule has 3 aromatic rings. The predicted octanol–water partition coefficient (Wildman–Crippen LogP) is 5.45. The first-order valence-electron chi connectivity index (χ1n) is 7.29. The molecule has 1 heterocycles. The Morgan fingerprint density at radius 2 is 1.64 bits per heavy atom. The van der Waals surface area contributed by atoms with Crippen LogP contribution in [0.3, 0.4) is 0 Å². The van der Waals surface area contributed by atoms with Crippen LogP contribution in [0.5, 0.6) is 0 Å². The van der Waals surface area contributed by atoms with Crippen molar-refractivity contribution in [2.45, 2.75) is 17.1 Å². The molecule has 0 atom stereocenters. The second-order valence-corrected chi connectivity index (χ2v) is 6.73. The average molecular weight is 384 g/mol. The van der Waals surface area contributed by atoms with Crippen LogP contribution >= 0.6 is 23.4 Å². The third-order valence-electron chi connectivity index (χ3n) is 3.59. The average Bonchev–Trinajstić information content (AvgIpc) is 2.94. The highest BCUT2D eigenvalue weighted by molar-refractivity contribution is 7.98. The molecule has 0 spiro atoms. The van der Waals surface area contributed by atoms with E-state index in [-0.39, 0.29) is 0 Å². The van der Waals surface area contributed by atoms with Gasteiger partial charge in [-0.15, -0.1) is 10.2 Å². The van der Waals surface area contributed by atoms with Gasteiger partial charge < -0.3 is 4.57 Å². The van der Waals surface area contributed by atoms with E-state index in [9.17, 15) is 13.2 Å². The van der Waals surface area contributed by atoms with Crippen LogP contribution in [0.15, 0.2) is 53.7 Å². The maximum Gasteiger partial charge on any atom is 0.416 e. The zero-order valence-corrected chi connectivity index (χ0v) is 14.7. The largest absolute Gasteiger partial charge is 0.416 e. The van der Waals surface area contributed by atoms with E-state index >= 15 is 0 Å².